The molecule has 0 saturated carbocycles. The molecule has 0 radical (unpaired) electrons. The molecule has 0 aliphatic carbocycles. The maximum atomic E-state index is 13.8. The molecule has 0 saturated heterocycles. The molecule has 0 aliphatic rings. The van der Waals surface area contributed by atoms with Gasteiger partial charge in [0.05, 0.1) is 32.1 Å². The van der Waals surface area contributed by atoms with Crippen LogP contribution < -0.4 is 5.32 Å². The largest absolute Gasteiger partial charge is 0.508 e. The molecule has 2 aromatic rings. The summed E-state index contributed by atoms with van der Waals surface area (Å²) in [5, 5.41) is 21.8. The Hall–Kier alpha value is -2.19. The highest BCUT2D eigenvalue weighted by atomic mass is 31.2. The molecule has 0 aliphatic heterocycles. The fourth-order valence-corrected chi connectivity index (χ4v) is 10.6. The first-order valence-electron chi connectivity index (χ1n) is 14.7. The molecule has 0 spiro atoms. The summed E-state index contributed by atoms with van der Waals surface area (Å²) >= 11 is 0. The zero-order chi connectivity index (χ0) is 31.3. The topological polar surface area (TPSA) is 141 Å². The van der Waals surface area contributed by atoms with Crippen molar-refractivity contribution in [2.75, 3.05) is 31.7 Å². The zero-order valence-corrected chi connectivity index (χ0v) is 27.4. The minimum Gasteiger partial charge on any atom is -0.508 e. The highest BCUT2D eigenvalue weighted by Gasteiger charge is 2.50. The third kappa shape index (κ3) is 9.40. The fraction of sp³-hybridized carbons (Fsp3) is 0.567. The first kappa shape index (κ1) is 36.0. The van der Waals surface area contributed by atoms with Crippen molar-refractivity contribution in [3.05, 3.63) is 53.6 Å². The van der Waals surface area contributed by atoms with E-state index in [2.05, 4.69) is 19.2 Å². The molecule has 1 amide bonds. The molecule has 10 nitrogen and oxygen atoms in total. The van der Waals surface area contributed by atoms with Crippen molar-refractivity contribution in [1.82, 2.24) is 0 Å². The smallest absolute Gasteiger partial charge is 0.345 e. The van der Waals surface area contributed by atoms with E-state index in [1.807, 2.05) is 18.2 Å². The van der Waals surface area contributed by atoms with E-state index < -0.39 is 26.5 Å². The fourth-order valence-electron chi connectivity index (χ4n) is 5.21. The van der Waals surface area contributed by atoms with Crippen LogP contribution in [-0.4, -0.2) is 47.9 Å². The minimum atomic E-state index is -3.99. The number of aromatic hydroxyl groups is 2. The highest BCUT2D eigenvalue weighted by Crippen LogP contribution is 2.71. The van der Waals surface area contributed by atoms with Crippen LogP contribution in [0.1, 0.15) is 90.2 Å². The van der Waals surface area contributed by atoms with Crippen molar-refractivity contribution in [3.8, 4) is 11.5 Å². The lowest BCUT2D eigenvalue weighted by Gasteiger charge is -2.31. The predicted octanol–water partition coefficient (Wildman–Crippen LogP) is 8.36. The number of carbonyl (C=O) groups excluding carboxylic acids is 1. The Morgan fingerprint density at radius 2 is 1.19 bits per heavy atom. The van der Waals surface area contributed by atoms with Crippen LogP contribution >= 0.6 is 15.2 Å². The van der Waals surface area contributed by atoms with Gasteiger partial charge in [0.1, 0.15) is 11.5 Å². The average Bonchev–Trinajstić information content (AvgIpc) is 2.94. The number of nitrogens with one attached hydrogen (secondary N) is 1. The normalized spacial score (nSPS) is 13.7. The Bertz CT molecular complexity index is 1170. The maximum Gasteiger partial charge on any atom is 0.345 e. The second-order valence-electron chi connectivity index (χ2n) is 9.72. The van der Waals surface area contributed by atoms with E-state index in [1.165, 1.54) is 0 Å². The van der Waals surface area contributed by atoms with Crippen LogP contribution in [0.5, 0.6) is 11.5 Å². The molecule has 2 atom stereocenters. The van der Waals surface area contributed by atoms with Crippen molar-refractivity contribution in [1.29, 1.82) is 0 Å². The van der Waals surface area contributed by atoms with Gasteiger partial charge in [-0.1, -0.05) is 32.0 Å². The Kier molecular flexibility index (Phi) is 14.7. The summed E-state index contributed by atoms with van der Waals surface area (Å²) in [6.07, 6.45) is 1.31. The molecule has 0 bridgehead atoms. The monoisotopic (exact) mass is 627 g/mol. The number of phenolic OH excluding ortho intramolecular Hbond substituents is 2. The number of rotatable bonds is 19. The van der Waals surface area contributed by atoms with Crippen LogP contribution in [0.4, 0.5) is 5.69 Å². The van der Waals surface area contributed by atoms with Crippen LogP contribution in [0.25, 0.3) is 0 Å². The summed E-state index contributed by atoms with van der Waals surface area (Å²) in [6, 6.07) is 12.3. The Morgan fingerprint density at radius 1 is 0.738 bits per heavy atom. The molecule has 0 fully saturated rings. The number of hydrogen-bond acceptors (Lipinski definition) is 9. The van der Waals surface area contributed by atoms with Crippen LogP contribution in [0.15, 0.2) is 42.5 Å². The SMILES string of the molecule is CCOP(=O)(OCC)C(CCC(=O)Nc1cc(C(CC)C(CC)c2ccc(O)cc2)ccc1O)P(=O)(OCC)OCC. The van der Waals surface area contributed by atoms with E-state index >= 15 is 0 Å². The summed E-state index contributed by atoms with van der Waals surface area (Å²) in [6.45, 7) is 10.9. The van der Waals surface area contributed by atoms with Gasteiger partial charge in [0.15, 0.2) is 5.40 Å². The Balaban J connectivity index is 2.32. The summed E-state index contributed by atoms with van der Waals surface area (Å²) in [4.78, 5) is 13.2. The van der Waals surface area contributed by atoms with E-state index in [1.54, 1.807) is 52.0 Å². The third-order valence-corrected chi connectivity index (χ3v) is 13.2. The molecule has 236 valence electrons. The predicted molar refractivity (Wildman–Crippen MR) is 166 cm³/mol. The second-order valence-corrected chi connectivity index (χ2v) is 14.6. The molecule has 0 heterocycles. The molecular weight excluding hydrogens is 580 g/mol. The summed E-state index contributed by atoms with van der Waals surface area (Å²) in [5.74, 6) is -0.130. The lowest BCUT2D eigenvalue weighted by Crippen LogP contribution is -2.21. The minimum absolute atomic E-state index is 0.0420. The number of carbonyl (C=O) groups is 1. The lowest BCUT2D eigenvalue weighted by molar-refractivity contribution is -0.116. The molecule has 42 heavy (non-hydrogen) atoms. The summed E-state index contributed by atoms with van der Waals surface area (Å²) < 4.78 is 49.5. The van der Waals surface area contributed by atoms with Crippen molar-refractivity contribution in [2.45, 2.75) is 84.5 Å². The van der Waals surface area contributed by atoms with Crippen molar-refractivity contribution in [2.24, 2.45) is 0 Å². The van der Waals surface area contributed by atoms with Gasteiger partial charge in [0.2, 0.25) is 5.91 Å². The molecule has 0 aromatic heterocycles. The van der Waals surface area contributed by atoms with Gasteiger partial charge in [-0.15, -0.1) is 0 Å². The molecule has 2 unspecified atom stereocenters. The van der Waals surface area contributed by atoms with Gasteiger partial charge in [0, 0.05) is 6.42 Å². The number of anilines is 1. The van der Waals surface area contributed by atoms with E-state index in [0.717, 1.165) is 24.0 Å². The van der Waals surface area contributed by atoms with Gasteiger partial charge in [-0.3, -0.25) is 13.9 Å². The van der Waals surface area contributed by atoms with Crippen LogP contribution in [-0.2, 0) is 32.0 Å². The van der Waals surface area contributed by atoms with Gasteiger partial charge in [0.25, 0.3) is 0 Å². The number of hydrogen-bond donors (Lipinski definition) is 3. The van der Waals surface area contributed by atoms with E-state index in [-0.39, 0.29) is 68.3 Å². The molecule has 2 aromatic carbocycles. The van der Waals surface area contributed by atoms with Crippen molar-refractivity contribution < 1.29 is 42.2 Å². The van der Waals surface area contributed by atoms with Crippen LogP contribution in [0.2, 0.25) is 0 Å². The Labute approximate surface area is 250 Å². The summed E-state index contributed by atoms with van der Waals surface area (Å²) in [7, 11) is -7.98. The molecular formula is C30H47NO9P2. The number of phenols is 2. The quantitative estimate of drug-likeness (QED) is 0.103. The zero-order valence-electron chi connectivity index (χ0n) is 25.6. The van der Waals surface area contributed by atoms with Gasteiger partial charge >= 0.3 is 15.2 Å². The number of benzene rings is 2. The average molecular weight is 628 g/mol. The first-order chi connectivity index (χ1) is 20.0. The molecule has 3 N–H and O–H groups in total. The standard InChI is InChI=1S/C30H47NO9P2/c1-7-25(22-13-16-24(32)17-14-22)26(8-2)23-15-18-28(33)27(21-23)31-29(34)19-20-30(41(35,37-9-3)38-10-4)42(36,39-11-5)40-12-6/h13-18,21,25-26,30,32-33H,7-12,19-20H2,1-6H3,(H,31,34). The third-order valence-electron chi connectivity index (χ3n) is 7.01. The van der Waals surface area contributed by atoms with Crippen molar-refractivity contribution >= 4 is 26.8 Å². The highest BCUT2D eigenvalue weighted by molar-refractivity contribution is 7.72. The first-order valence-corrected chi connectivity index (χ1v) is 17.9. The van der Waals surface area contributed by atoms with E-state index in [9.17, 15) is 24.1 Å². The van der Waals surface area contributed by atoms with Gasteiger partial charge in [-0.05, 0) is 94.2 Å². The maximum absolute atomic E-state index is 13.8. The number of amides is 1. The van der Waals surface area contributed by atoms with E-state index in [4.69, 9.17) is 18.1 Å². The Morgan fingerprint density at radius 3 is 1.64 bits per heavy atom. The van der Waals surface area contributed by atoms with Gasteiger partial charge in [-0.25, -0.2) is 0 Å². The van der Waals surface area contributed by atoms with Crippen LogP contribution in [0, 0.1) is 0 Å². The summed E-state index contributed by atoms with van der Waals surface area (Å²) in [5.41, 5.74) is 2.27. The van der Waals surface area contributed by atoms with Gasteiger partial charge in [-0.2, -0.15) is 0 Å². The van der Waals surface area contributed by atoms with E-state index in [0.29, 0.717) is 0 Å². The molecule has 2 rings (SSSR count). The van der Waals surface area contributed by atoms with Crippen LogP contribution in [0.3, 0.4) is 0 Å². The second kappa shape index (κ2) is 17.2. The van der Waals surface area contributed by atoms with Crippen molar-refractivity contribution in [3.63, 3.8) is 0 Å². The van der Waals surface area contributed by atoms with Gasteiger partial charge < -0.3 is 33.6 Å². The molecule has 12 heteroatoms. The lowest BCUT2D eigenvalue weighted by atomic mass is 9.78.